The van der Waals surface area contributed by atoms with Crippen LogP contribution in [0.1, 0.15) is 43.7 Å². The molecule has 0 saturated heterocycles. The summed E-state index contributed by atoms with van der Waals surface area (Å²) in [7, 11) is 3.13. The average Bonchev–Trinajstić information content (AvgIpc) is 3.38. The van der Waals surface area contributed by atoms with Gasteiger partial charge in [0.05, 0.1) is 25.4 Å². The summed E-state index contributed by atoms with van der Waals surface area (Å²) in [5, 5.41) is 11.7. The van der Waals surface area contributed by atoms with Crippen molar-refractivity contribution < 1.29 is 19.1 Å². The van der Waals surface area contributed by atoms with Crippen LogP contribution in [-0.4, -0.2) is 47.1 Å². The fraction of sp³-hybridized carbons (Fsp3) is 0.333. The number of fused-ring (bicyclic) bond motifs is 1. The predicted molar refractivity (Wildman–Crippen MR) is 149 cm³/mol. The number of hydrogen-bond acceptors (Lipinski definition) is 6. The fourth-order valence-corrected chi connectivity index (χ4v) is 5.24. The summed E-state index contributed by atoms with van der Waals surface area (Å²) in [5.41, 5.74) is 2.54. The van der Waals surface area contributed by atoms with Gasteiger partial charge in [0.1, 0.15) is 29.6 Å². The lowest BCUT2D eigenvalue weighted by atomic mass is 9.94. The van der Waals surface area contributed by atoms with E-state index in [4.69, 9.17) is 9.47 Å². The van der Waals surface area contributed by atoms with Crippen molar-refractivity contribution in [1.29, 1.82) is 0 Å². The van der Waals surface area contributed by atoms with Crippen molar-refractivity contribution in [2.75, 3.05) is 19.1 Å². The molecular formula is C30H33N5O4. The lowest BCUT2D eigenvalue weighted by Crippen LogP contribution is -2.48. The molecule has 39 heavy (non-hydrogen) atoms. The second-order valence-electron chi connectivity index (χ2n) is 9.69. The molecule has 1 N–H and O–H groups in total. The van der Waals surface area contributed by atoms with Crippen LogP contribution in [0.5, 0.6) is 11.5 Å². The van der Waals surface area contributed by atoms with Gasteiger partial charge in [-0.1, -0.05) is 60.9 Å². The highest BCUT2D eigenvalue weighted by Crippen LogP contribution is 2.36. The van der Waals surface area contributed by atoms with Gasteiger partial charge in [-0.25, -0.2) is 4.68 Å². The molecule has 1 aliphatic carbocycles. The van der Waals surface area contributed by atoms with Crippen LogP contribution in [0, 0.1) is 0 Å². The summed E-state index contributed by atoms with van der Waals surface area (Å²) in [5.74, 6) is 0.491. The number of amides is 2. The molecular weight excluding hydrogens is 494 g/mol. The molecule has 2 amide bonds. The maximum atomic E-state index is 14.3. The van der Waals surface area contributed by atoms with Gasteiger partial charge >= 0.3 is 0 Å². The molecule has 1 aromatic heterocycles. The van der Waals surface area contributed by atoms with E-state index >= 15 is 0 Å². The zero-order valence-corrected chi connectivity index (χ0v) is 22.2. The van der Waals surface area contributed by atoms with Crippen molar-refractivity contribution in [3.8, 4) is 11.5 Å². The highest BCUT2D eigenvalue weighted by atomic mass is 16.5. The molecule has 3 aromatic carbocycles. The van der Waals surface area contributed by atoms with Gasteiger partial charge in [0.2, 0.25) is 11.8 Å². The van der Waals surface area contributed by atoms with E-state index in [1.54, 1.807) is 37.1 Å². The maximum Gasteiger partial charge on any atom is 0.249 e. The number of ether oxygens (including phenoxy) is 2. The molecule has 1 atom stereocenters. The SMILES string of the molecule is COc1cccc([C@H](C(=O)NC2CCCCC2)N(C(=O)Cn2nnc3ccccc32)c2ccccc2OC)c1. The van der Waals surface area contributed by atoms with E-state index in [9.17, 15) is 9.59 Å². The van der Waals surface area contributed by atoms with Crippen LogP contribution in [0.3, 0.4) is 0 Å². The summed E-state index contributed by atoms with van der Waals surface area (Å²) < 4.78 is 12.7. The highest BCUT2D eigenvalue weighted by molar-refractivity contribution is 6.02. The Hall–Kier alpha value is -4.40. The topological polar surface area (TPSA) is 98.6 Å². The lowest BCUT2D eigenvalue weighted by molar-refractivity contribution is -0.127. The molecule has 0 unspecified atom stereocenters. The van der Waals surface area contributed by atoms with Crippen molar-refractivity contribution >= 4 is 28.5 Å². The van der Waals surface area contributed by atoms with E-state index < -0.39 is 6.04 Å². The summed E-state index contributed by atoms with van der Waals surface area (Å²) in [6.45, 7) is -0.115. The van der Waals surface area contributed by atoms with Crippen LogP contribution in [0.25, 0.3) is 11.0 Å². The van der Waals surface area contributed by atoms with Crippen molar-refractivity contribution in [1.82, 2.24) is 20.3 Å². The van der Waals surface area contributed by atoms with Crippen LogP contribution < -0.4 is 19.7 Å². The molecule has 0 spiro atoms. The Balaban J connectivity index is 1.60. The zero-order valence-electron chi connectivity index (χ0n) is 22.2. The van der Waals surface area contributed by atoms with Crippen molar-refractivity contribution in [2.24, 2.45) is 0 Å². The van der Waals surface area contributed by atoms with Gasteiger partial charge in [0, 0.05) is 6.04 Å². The third-order valence-corrected chi connectivity index (χ3v) is 7.19. The third kappa shape index (κ3) is 5.72. The Labute approximate surface area is 227 Å². The first-order valence-corrected chi connectivity index (χ1v) is 13.3. The number of carbonyl (C=O) groups excluding carboxylic acids is 2. The molecule has 0 radical (unpaired) electrons. The van der Waals surface area contributed by atoms with Gasteiger partial charge in [-0.2, -0.15) is 0 Å². The predicted octanol–water partition coefficient (Wildman–Crippen LogP) is 4.67. The minimum absolute atomic E-state index is 0.0632. The molecule has 5 rings (SSSR count). The molecule has 0 bridgehead atoms. The highest BCUT2D eigenvalue weighted by Gasteiger charge is 2.36. The molecule has 1 fully saturated rings. The minimum Gasteiger partial charge on any atom is -0.497 e. The zero-order chi connectivity index (χ0) is 27.2. The number of nitrogens with one attached hydrogen (secondary N) is 1. The van der Waals surface area contributed by atoms with Crippen molar-refractivity contribution in [3.63, 3.8) is 0 Å². The molecule has 1 saturated carbocycles. The maximum absolute atomic E-state index is 14.3. The molecule has 1 heterocycles. The van der Waals surface area contributed by atoms with Crippen LogP contribution in [0.4, 0.5) is 5.69 Å². The van der Waals surface area contributed by atoms with Crippen molar-refractivity contribution in [3.05, 3.63) is 78.4 Å². The number of hydrogen-bond donors (Lipinski definition) is 1. The summed E-state index contributed by atoms with van der Waals surface area (Å²) >= 11 is 0. The first-order valence-electron chi connectivity index (χ1n) is 13.3. The third-order valence-electron chi connectivity index (χ3n) is 7.19. The van der Waals surface area contributed by atoms with Gasteiger partial charge in [-0.15, -0.1) is 5.10 Å². The van der Waals surface area contributed by atoms with Gasteiger partial charge < -0.3 is 14.8 Å². The quantitative estimate of drug-likeness (QED) is 0.340. The number of rotatable bonds is 9. The first-order chi connectivity index (χ1) is 19.1. The van der Waals surface area contributed by atoms with E-state index in [1.807, 2.05) is 54.6 Å². The average molecular weight is 528 g/mol. The smallest absolute Gasteiger partial charge is 0.249 e. The molecule has 1 aliphatic rings. The van der Waals surface area contributed by atoms with Crippen LogP contribution in [-0.2, 0) is 16.1 Å². The second-order valence-corrected chi connectivity index (χ2v) is 9.69. The monoisotopic (exact) mass is 527 g/mol. The molecule has 0 aliphatic heterocycles. The number of para-hydroxylation sites is 3. The Bertz CT molecular complexity index is 1450. The molecule has 202 valence electrons. The van der Waals surface area contributed by atoms with Gasteiger partial charge in [0.15, 0.2) is 0 Å². The fourth-order valence-electron chi connectivity index (χ4n) is 5.24. The van der Waals surface area contributed by atoms with E-state index in [1.165, 1.54) is 11.3 Å². The normalized spacial score (nSPS) is 14.5. The molecule has 9 heteroatoms. The number of aromatic nitrogens is 3. The van der Waals surface area contributed by atoms with Crippen LogP contribution in [0.15, 0.2) is 72.8 Å². The number of benzene rings is 3. The van der Waals surface area contributed by atoms with Gasteiger partial charge in [-0.3, -0.25) is 14.5 Å². The Morgan fingerprint density at radius 1 is 0.974 bits per heavy atom. The summed E-state index contributed by atoms with van der Waals surface area (Å²) in [4.78, 5) is 29.9. The van der Waals surface area contributed by atoms with E-state index in [2.05, 4.69) is 15.6 Å². The number of methoxy groups -OCH3 is 2. The van der Waals surface area contributed by atoms with Crippen LogP contribution >= 0.6 is 0 Å². The standard InChI is InChI=1S/C30H33N5O4/c1-38-23-14-10-11-21(19-23)29(30(37)31-22-12-4-3-5-13-22)35(26-17-8-9-18-27(26)39-2)28(36)20-34-25-16-7-6-15-24(25)32-33-34/h6-11,14-19,22,29H,3-5,12-13,20H2,1-2H3,(H,31,37)/t29-/m1/s1. The van der Waals surface area contributed by atoms with E-state index in [0.29, 0.717) is 28.3 Å². The Kier molecular flexibility index (Phi) is 8.05. The number of anilines is 1. The van der Waals surface area contributed by atoms with Gasteiger partial charge in [0.25, 0.3) is 0 Å². The Morgan fingerprint density at radius 3 is 2.54 bits per heavy atom. The minimum atomic E-state index is -0.972. The van der Waals surface area contributed by atoms with Crippen LogP contribution in [0.2, 0.25) is 0 Å². The Morgan fingerprint density at radius 2 is 1.74 bits per heavy atom. The molecule has 9 nitrogen and oxygen atoms in total. The van der Waals surface area contributed by atoms with E-state index in [0.717, 1.165) is 31.2 Å². The number of nitrogens with zero attached hydrogens (tertiary/aromatic N) is 4. The summed E-state index contributed by atoms with van der Waals surface area (Å²) in [6.07, 6.45) is 5.16. The number of carbonyl (C=O) groups is 2. The molecule has 4 aromatic rings. The largest absolute Gasteiger partial charge is 0.497 e. The summed E-state index contributed by atoms with van der Waals surface area (Å²) in [6, 6.07) is 21.1. The lowest BCUT2D eigenvalue weighted by Gasteiger charge is -2.34. The second kappa shape index (κ2) is 12.0. The van der Waals surface area contributed by atoms with Gasteiger partial charge in [-0.05, 0) is 54.8 Å². The van der Waals surface area contributed by atoms with E-state index in [-0.39, 0.29) is 24.4 Å². The first kappa shape index (κ1) is 26.2. The van der Waals surface area contributed by atoms with Crippen molar-refractivity contribution in [2.45, 2.75) is 50.7 Å².